The van der Waals surface area contributed by atoms with Crippen LogP contribution < -0.4 is 0 Å². The number of aromatic nitrogens is 5. The summed E-state index contributed by atoms with van der Waals surface area (Å²) in [7, 11) is 0. The van der Waals surface area contributed by atoms with Crippen molar-refractivity contribution in [1.29, 1.82) is 0 Å². The molecule has 24 heavy (non-hydrogen) atoms. The van der Waals surface area contributed by atoms with Gasteiger partial charge in [-0.3, -0.25) is 4.68 Å². The third kappa shape index (κ3) is 2.88. The molecule has 0 bridgehead atoms. The van der Waals surface area contributed by atoms with Crippen LogP contribution in [0.15, 0.2) is 60.5 Å². The monoisotopic (exact) mass is 335 g/mol. The van der Waals surface area contributed by atoms with E-state index in [-0.39, 0.29) is 0 Å². The molecule has 0 spiro atoms. The van der Waals surface area contributed by atoms with Gasteiger partial charge in [0.1, 0.15) is 10.8 Å². The van der Waals surface area contributed by atoms with Crippen LogP contribution in [-0.4, -0.2) is 24.3 Å². The fourth-order valence-electron chi connectivity index (χ4n) is 2.71. The van der Waals surface area contributed by atoms with Gasteiger partial charge in [-0.2, -0.15) is 5.10 Å². The second-order valence-electron chi connectivity index (χ2n) is 5.45. The minimum atomic E-state index is 0.674. The molecular weight excluding hydrogens is 318 g/mol. The van der Waals surface area contributed by atoms with Gasteiger partial charge in [-0.15, -0.1) is 11.3 Å². The Balaban J connectivity index is 1.60. The highest BCUT2D eigenvalue weighted by Crippen LogP contribution is 2.26. The van der Waals surface area contributed by atoms with Gasteiger partial charge in [-0.25, -0.2) is 9.97 Å². The Morgan fingerprint density at radius 1 is 1.04 bits per heavy atom. The molecule has 0 radical (unpaired) electrons. The molecule has 0 fully saturated rings. The lowest BCUT2D eigenvalue weighted by atomic mass is 10.1. The van der Waals surface area contributed by atoms with E-state index in [9.17, 15) is 0 Å². The van der Waals surface area contributed by atoms with Crippen molar-refractivity contribution in [1.82, 2.24) is 24.3 Å². The minimum absolute atomic E-state index is 0.674. The van der Waals surface area contributed by atoms with Crippen LogP contribution in [0.25, 0.3) is 21.8 Å². The highest BCUT2D eigenvalue weighted by molar-refractivity contribution is 7.13. The van der Waals surface area contributed by atoms with Crippen molar-refractivity contribution in [2.75, 3.05) is 0 Å². The van der Waals surface area contributed by atoms with E-state index in [2.05, 4.69) is 45.7 Å². The van der Waals surface area contributed by atoms with Crippen LogP contribution in [0.1, 0.15) is 12.7 Å². The summed E-state index contributed by atoms with van der Waals surface area (Å²) < 4.78 is 4.06. The van der Waals surface area contributed by atoms with Crippen LogP contribution >= 0.6 is 11.3 Å². The summed E-state index contributed by atoms with van der Waals surface area (Å²) in [6.07, 6.45) is 7.66. The van der Waals surface area contributed by atoms with E-state index in [1.54, 1.807) is 11.3 Å². The quantitative estimate of drug-likeness (QED) is 0.555. The molecule has 1 aromatic carbocycles. The highest BCUT2D eigenvalue weighted by Gasteiger charge is 2.08. The predicted octanol–water partition coefficient (Wildman–Crippen LogP) is 3.94. The molecule has 0 aliphatic rings. The van der Waals surface area contributed by atoms with E-state index in [1.165, 1.54) is 0 Å². The second kappa shape index (κ2) is 6.41. The first-order valence-corrected chi connectivity index (χ1v) is 8.75. The van der Waals surface area contributed by atoms with Crippen molar-refractivity contribution < 1.29 is 0 Å². The Labute approximate surface area is 144 Å². The average molecular weight is 335 g/mol. The fourth-order valence-corrected chi connectivity index (χ4v) is 3.34. The molecule has 4 rings (SSSR count). The van der Waals surface area contributed by atoms with Gasteiger partial charge in [0.05, 0.1) is 12.2 Å². The zero-order valence-corrected chi connectivity index (χ0v) is 14.1. The molecule has 0 aliphatic heterocycles. The summed E-state index contributed by atoms with van der Waals surface area (Å²) in [6.45, 7) is 3.70. The molecule has 0 saturated carbocycles. The molecule has 0 N–H and O–H groups in total. The van der Waals surface area contributed by atoms with Gasteiger partial charge in [-0.05, 0) is 19.1 Å². The first kappa shape index (κ1) is 14.8. The summed E-state index contributed by atoms with van der Waals surface area (Å²) >= 11 is 1.64. The lowest BCUT2D eigenvalue weighted by molar-refractivity contribution is 0.608. The smallest absolute Gasteiger partial charge is 0.130 e. The number of imidazole rings is 1. The van der Waals surface area contributed by atoms with Gasteiger partial charge in [0.15, 0.2) is 0 Å². The first-order valence-electron chi connectivity index (χ1n) is 7.87. The molecule has 6 heteroatoms. The Morgan fingerprint density at radius 3 is 2.79 bits per heavy atom. The van der Waals surface area contributed by atoms with E-state index in [0.29, 0.717) is 6.54 Å². The molecule has 0 atom stereocenters. The van der Waals surface area contributed by atoms with Crippen LogP contribution in [0.3, 0.4) is 0 Å². The molecule has 5 nitrogen and oxygen atoms in total. The SMILES string of the molecule is CCn1ccnc1Cn1ccc(-c2cccc(-c3nccs3)c2)n1. The third-order valence-corrected chi connectivity index (χ3v) is 4.75. The maximum absolute atomic E-state index is 4.70. The largest absolute Gasteiger partial charge is 0.334 e. The van der Waals surface area contributed by atoms with Crippen molar-refractivity contribution in [3.05, 3.63) is 66.3 Å². The van der Waals surface area contributed by atoms with Crippen molar-refractivity contribution in [2.45, 2.75) is 20.0 Å². The number of hydrogen-bond acceptors (Lipinski definition) is 4. The van der Waals surface area contributed by atoms with E-state index in [0.717, 1.165) is 34.2 Å². The van der Waals surface area contributed by atoms with Gasteiger partial charge in [0.25, 0.3) is 0 Å². The summed E-state index contributed by atoms with van der Waals surface area (Å²) in [5, 5.41) is 7.72. The molecule has 0 saturated heterocycles. The maximum Gasteiger partial charge on any atom is 0.130 e. The maximum atomic E-state index is 4.70. The summed E-state index contributed by atoms with van der Waals surface area (Å²) in [6, 6.07) is 10.4. The zero-order chi connectivity index (χ0) is 16.4. The van der Waals surface area contributed by atoms with Crippen LogP contribution in [-0.2, 0) is 13.1 Å². The molecule has 4 aromatic rings. The summed E-state index contributed by atoms with van der Waals surface area (Å²) in [5.41, 5.74) is 3.18. The number of hydrogen-bond donors (Lipinski definition) is 0. The Hall–Kier alpha value is -2.73. The molecule has 120 valence electrons. The molecule has 0 amide bonds. The number of rotatable bonds is 5. The normalized spacial score (nSPS) is 11.0. The van der Waals surface area contributed by atoms with Gasteiger partial charge < -0.3 is 4.57 Å². The number of nitrogens with zero attached hydrogens (tertiary/aromatic N) is 5. The summed E-state index contributed by atoms with van der Waals surface area (Å²) in [5.74, 6) is 1.02. The Kier molecular flexibility index (Phi) is 3.96. The van der Waals surface area contributed by atoms with Crippen LogP contribution in [0.2, 0.25) is 0 Å². The third-order valence-electron chi connectivity index (χ3n) is 3.92. The second-order valence-corrected chi connectivity index (χ2v) is 6.34. The number of benzene rings is 1. The average Bonchev–Trinajstić information content (AvgIpc) is 3.37. The lowest BCUT2D eigenvalue weighted by Crippen LogP contribution is -2.08. The fraction of sp³-hybridized carbons (Fsp3) is 0.167. The molecule has 3 heterocycles. The predicted molar refractivity (Wildman–Crippen MR) is 95.8 cm³/mol. The van der Waals surface area contributed by atoms with Crippen LogP contribution in [0.4, 0.5) is 0 Å². The molecule has 0 aliphatic carbocycles. The number of aryl methyl sites for hydroxylation is 1. The first-order chi connectivity index (χ1) is 11.8. The van der Waals surface area contributed by atoms with E-state index in [1.807, 2.05) is 40.9 Å². The summed E-state index contributed by atoms with van der Waals surface area (Å²) in [4.78, 5) is 8.78. The highest BCUT2D eigenvalue weighted by atomic mass is 32.1. The molecular formula is C18H17N5S. The van der Waals surface area contributed by atoms with Crippen LogP contribution in [0, 0.1) is 0 Å². The number of thiazole rings is 1. The lowest BCUT2D eigenvalue weighted by Gasteiger charge is -2.05. The van der Waals surface area contributed by atoms with Gasteiger partial charge in [-0.1, -0.05) is 18.2 Å². The van der Waals surface area contributed by atoms with Gasteiger partial charge in [0, 0.05) is 47.8 Å². The molecule has 0 unspecified atom stereocenters. The van der Waals surface area contributed by atoms with Crippen molar-refractivity contribution in [3.8, 4) is 21.8 Å². The van der Waals surface area contributed by atoms with Gasteiger partial charge >= 0.3 is 0 Å². The Morgan fingerprint density at radius 2 is 1.96 bits per heavy atom. The zero-order valence-electron chi connectivity index (χ0n) is 13.3. The van der Waals surface area contributed by atoms with E-state index >= 15 is 0 Å². The Bertz CT molecular complexity index is 936. The standard InChI is InChI=1S/C18H17N5S/c1-2-22-10-7-19-17(22)13-23-9-6-16(21-23)14-4-3-5-15(12-14)18-20-8-11-24-18/h3-12H,2,13H2,1H3. The van der Waals surface area contributed by atoms with Crippen LogP contribution in [0.5, 0.6) is 0 Å². The van der Waals surface area contributed by atoms with E-state index < -0.39 is 0 Å². The van der Waals surface area contributed by atoms with Crippen molar-refractivity contribution in [2.24, 2.45) is 0 Å². The minimum Gasteiger partial charge on any atom is -0.334 e. The van der Waals surface area contributed by atoms with Crippen molar-refractivity contribution in [3.63, 3.8) is 0 Å². The van der Waals surface area contributed by atoms with Gasteiger partial charge in [0.2, 0.25) is 0 Å². The topological polar surface area (TPSA) is 48.5 Å². The molecule has 3 aromatic heterocycles. The van der Waals surface area contributed by atoms with E-state index in [4.69, 9.17) is 5.10 Å². The van der Waals surface area contributed by atoms with Crippen molar-refractivity contribution >= 4 is 11.3 Å².